The predicted molar refractivity (Wildman–Crippen MR) is 152 cm³/mol. The van der Waals surface area contributed by atoms with Gasteiger partial charge in [-0.1, -0.05) is 30.3 Å². The van der Waals surface area contributed by atoms with E-state index in [0.717, 1.165) is 16.5 Å². The molecule has 4 atom stereocenters. The van der Waals surface area contributed by atoms with Gasteiger partial charge in [-0.15, -0.1) is 0 Å². The highest BCUT2D eigenvalue weighted by Crippen LogP contribution is 2.51. The molecule has 0 aliphatic heterocycles. The van der Waals surface area contributed by atoms with Crippen molar-refractivity contribution in [2.24, 2.45) is 23.5 Å². The number of primary amides is 1. The lowest BCUT2D eigenvalue weighted by Gasteiger charge is -2.46. The number of phenolic OH excluding ortho intramolecular Hbond substituents is 1. The summed E-state index contributed by atoms with van der Waals surface area (Å²) in [7, 11) is 4.99. The first-order valence-electron chi connectivity index (χ1n) is 13.4. The van der Waals surface area contributed by atoms with E-state index in [-0.39, 0.29) is 16.9 Å². The summed E-state index contributed by atoms with van der Waals surface area (Å²) in [5.74, 6) is -5.01. The lowest BCUT2D eigenvalue weighted by molar-refractivity contribution is -0.127. The van der Waals surface area contributed by atoms with Crippen molar-refractivity contribution in [2.75, 3.05) is 21.2 Å². The Morgan fingerprint density at radius 1 is 1.00 bits per heavy atom. The van der Waals surface area contributed by atoms with Crippen molar-refractivity contribution in [2.45, 2.75) is 18.9 Å². The highest BCUT2D eigenvalue weighted by Gasteiger charge is 2.54. The summed E-state index contributed by atoms with van der Waals surface area (Å²) in [4.78, 5) is 41.2. The van der Waals surface area contributed by atoms with Gasteiger partial charge in [0.05, 0.1) is 24.6 Å². The van der Waals surface area contributed by atoms with Gasteiger partial charge in [-0.2, -0.15) is 0 Å². The average Bonchev–Trinajstić information content (AvgIpc) is 2.92. The van der Waals surface area contributed by atoms with Crippen LogP contribution in [0.1, 0.15) is 22.3 Å². The molecule has 6 rings (SSSR count). The van der Waals surface area contributed by atoms with Crippen molar-refractivity contribution < 1.29 is 34.4 Å². The Morgan fingerprint density at radius 2 is 1.73 bits per heavy atom. The van der Waals surface area contributed by atoms with E-state index in [1.165, 1.54) is 0 Å². The van der Waals surface area contributed by atoms with Gasteiger partial charge < -0.3 is 25.8 Å². The molecule has 9 nitrogen and oxygen atoms in total. The number of methoxy groups -OCH3 is 1. The standard InChI is InChI=1S/C32H30N2O7/c1-34(2)26-21-13-18-10-17-9-16-8-7-15(14-5-4-6-19(11-14)41-3)12-20(16)27(35)22(17)28(36)23(18)29(37)24(21)30(38)25(31(26)39)32(33)40/h4-9,11-12,18,21,24,26,35,37,39H,10,13H2,1-3H3,(H2,33,40)/t18-,21?,24?,26-/m0/s1. The number of carbonyl (C=O) groups excluding carboxylic acids is 3. The Kier molecular flexibility index (Phi) is 6.15. The molecule has 0 heterocycles. The number of phenols is 1. The second-order valence-electron chi connectivity index (χ2n) is 11.2. The minimum Gasteiger partial charge on any atom is -0.511 e. The number of Topliss-reactive ketones (excluding diaryl/α,β-unsaturated/α-hetero) is 2. The monoisotopic (exact) mass is 554 g/mol. The zero-order valence-electron chi connectivity index (χ0n) is 22.8. The smallest absolute Gasteiger partial charge is 0.255 e. The van der Waals surface area contributed by atoms with Gasteiger partial charge in [-0.3, -0.25) is 19.3 Å². The minimum atomic E-state index is -1.21. The second-order valence-corrected chi connectivity index (χ2v) is 11.2. The van der Waals surface area contributed by atoms with Gasteiger partial charge in [-0.25, -0.2) is 0 Å². The first-order valence-corrected chi connectivity index (χ1v) is 13.4. The maximum absolute atomic E-state index is 14.0. The fraction of sp³-hybridized carbons (Fsp3) is 0.281. The maximum Gasteiger partial charge on any atom is 0.255 e. The van der Waals surface area contributed by atoms with Crippen LogP contribution in [0.3, 0.4) is 0 Å². The van der Waals surface area contributed by atoms with Crippen LogP contribution >= 0.6 is 0 Å². The third-order valence-electron chi connectivity index (χ3n) is 8.77. The number of carbonyl (C=O) groups is 3. The summed E-state index contributed by atoms with van der Waals surface area (Å²) in [6.07, 6.45) is 0.666. The van der Waals surface area contributed by atoms with Crippen LogP contribution in [-0.2, 0) is 16.0 Å². The van der Waals surface area contributed by atoms with Crippen LogP contribution in [0.25, 0.3) is 21.9 Å². The number of allylic oxidation sites excluding steroid dienone is 2. The van der Waals surface area contributed by atoms with Crippen LogP contribution in [0, 0.1) is 17.8 Å². The van der Waals surface area contributed by atoms with Gasteiger partial charge in [0.15, 0.2) is 11.6 Å². The van der Waals surface area contributed by atoms with Gasteiger partial charge in [0.25, 0.3) is 5.91 Å². The van der Waals surface area contributed by atoms with Crippen molar-refractivity contribution in [1.29, 1.82) is 0 Å². The molecule has 0 fully saturated rings. The number of rotatable bonds is 4. The predicted octanol–water partition coefficient (Wildman–Crippen LogP) is 3.83. The summed E-state index contributed by atoms with van der Waals surface area (Å²) in [6.45, 7) is 0. The van der Waals surface area contributed by atoms with Crippen molar-refractivity contribution in [3.63, 3.8) is 0 Å². The van der Waals surface area contributed by atoms with Crippen LogP contribution in [0.4, 0.5) is 0 Å². The van der Waals surface area contributed by atoms with E-state index in [1.54, 1.807) is 26.1 Å². The average molecular weight is 555 g/mol. The summed E-state index contributed by atoms with van der Waals surface area (Å²) in [6, 6.07) is 14.3. The molecule has 0 bridgehead atoms. The second kappa shape index (κ2) is 9.49. The van der Waals surface area contributed by atoms with Gasteiger partial charge in [-0.05, 0) is 79.0 Å². The van der Waals surface area contributed by atoms with Crippen molar-refractivity contribution >= 4 is 28.2 Å². The quantitative estimate of drug-likeness (QED) is 0.355. The SMILES string of the molecule is COc1cccc(-c2ccc3cc4c(c(O)c3c2)C(=O)C2=C(O)C3C(=O)C(C(N)=O)=C(O)[C@@H](N(C)C)C3C[C@@H]2C4)c1. The summed E-state index contributed by atoms with van der Waals surface area (Å²) >= 11 is 0. The zero-order chi connectivity index (χ0) is 29.3. The van der Waals surface area contributed by atoms with Crippen molar-refractivity contribution in [1.82, 2.24) is 4.90 Å². The first kappa shape index (κ1) is 26.6. The van der Waals surface area contributed by atoms with E-state index in [0.29, 0.717) is 29.5 Å². The Balaban J connectivity index is 1.48. The molecule has 3 aliphatic rings. The van der Waals surface area contributed by atoms with Crippen LogP contribution in [0.2, 0.25) is 0 Å². The van der Waals surface area contributed by atoms with Gasteiger partial charge in [0, 0.05) is 11.0 Å². The molecular formula is C32H30N2O7. The largest absolute Gasteiger partial charge is 0.511 e. The molecule has 9 heteroatoms. The van der Waals surface area contributed by atoms with Crippen LogP contribution in [0.15, 0.2) is 71.2 Å². The number of ketones is 2. The fourth-order valence-electron chi connectivity index (χ4n) is 7.02. The highest BCUT2D eigenvalue weighted by molar-refractivity contribution is 6.22. The molecule has 210 valence electrons. The Labute approximate surface area is 236 Å². The zero-order valence-corrected chi connectivity index (χ0v) is 22.8. The third-order valence-corrected chi connectivity index (χ3v) is 8.77. The molecule has 0 spiro atoms. The number of ether oxygens (including phenoxy) is 1. The molecule has 0 aromatic heterocycles. The first-order chi connectivity index (χ1) is 19.5. The number of benzene rings is 3. The van der Waals surface area contributed by atoms with Gasteiger partial charge in [0.2, 0.25) is 0 Å². The molecule has 0 saturated heterocycles. The van der Waals surface area contributed by atoms with Crippen LogP contribution in [-0.4, -0.2) is 64.9 Å². The minimum absolute atomic E-state index is 0.0633. The van der Waals surface area contributed by atoms with Gasteiger partial charge >= 0.3 is 0 Å². The number of aromatic hydroxyl groups is 1. The van der Waals surface area contributed by atoms with E-state index in [2.05, 4.69) is 0 Å². The molecule has 3 aromatic rings. The molecule has 0 radical (unpaired) electrons. The van der Waals surface area contributed by atoms with E-state index in [1.807, 2.05) is 48.5 Å². The van der Waals surface area contributed by atoms with Crippen LogP contribution in [0.5, 0.6) is 11.5 Å². The Morgan fingerprint density at radius 3 is 2.41 bits per heavy atom. The molecule has 1 amide bonds. The molecule has 0 saturated carbocycles. The summed E-state index contributed by atoms with van der Waals surface area (Å²) < 4.78 is 5.34. The summed E-state index contributed by atoms with van der Waals surface area (Å²) in [5, 5.41) is 35.0. The summed E-state index contributed by atoms with van der Waals surface area (Å²) in [5.41, 5.74) is 7.39. The van der Waals surface area contributed by atoms with E-state index in [4.69, 9.17) is 10.5 Å². The fourth-order valence-corrected chi connectivity index (χ4v) is 7.02. The normalized spacial score (nSPS) is 23.9. The number of nitrogens with two attached hydrogens (primary N) is 1. The highest BCUT2D eigenvalue weighted by atomic mass is 16.5. The molecule has 2 unspecified atom stereocenters. The van der Waals surface area contributed by atoms with Crippen LogP contribution < -0.4 is 10.5 Å². The number of likely N-dealkylation sites (N-methyl/N-ethyl adjacent to an activating group) is 1. The number of hydrogen-bond donors (Lipinski definition) is 4. The lowest BCUT2D eigenvalue weighted by atomic mass is 9.61. The van der Waals surface area contributed by atoms with E-state index >= 15 is 0 Å². The molecule has 3 aromatic carbocycles. The van der Waals surface area contributed by atoms with Crippen molar-refractivity contribution in [3.05, 3.63) is 82.3 Å². The number of nitrogens with zero attached hydrogens (tertiary/aromatic N) is 1. The number of amides is 1. The van der Waals surface area contributed by atoms with Crippen molar-refractivity contribution in [3.8, 4) is 22.6 Å². The number of hydrogen-bond acceptors (Lipinski definition) is 8. The third kappa shape index (κ3) is 3.91. The van der Waals surface area contributed by atoms with E-state index in [9.17, 15) is 29.7 Å². The topological polar surface area (TPSA) is 150 Å². The molecule has 3 aliphatic carbocycles. The Hall–Kier alpha value is -4.63. The van der Waals surface area contributed by atoms with E-state index < -0.39 is 58.4 Å². The number of aliphatic hydroxyl groups is 2. The number of aliphatic hydroxyl groups excluding tert-OH is 2. The molecule has 41 heavy (non-hydrogen) atoms. The molecule has 5 N–H and O–H groups in total. The lowest BCUT2D eigenvalue weighted by Crippen LogP contribution is -2.53. The maximum atomic E-state index is 14.0. The molecular weight excluding hydrogens is 524 g/mol. The van der Waals surface area contributed by atoms with Gasteiger partial charge in [0.1, 0.15) is 28.6 Å². The number of fused-ring (bicyclic) bond motifs is 4. The Bertz CT molecular complexity index is 1740.